The number of aromatic nitrogens is 2. The molecule has 6 nitrogen and oxygen atoms in total. The Balaban J connectivity index is 2.07. The Morgan fingerprint density at radius 1 is 1.29 bits per heavy atom. The molecular weight excluding hydrogens is 328 g/mol. The zero-order chi connectivity index (χ0) is 17.3. The lowest BCUT2D eigenvalue weighted by Crippen LogP contribution is -2.54. The topological polar surface area (TPSA) is 78.4 Å². The Hall–Kier alpha value is -2.18. The van der Waals surface area contributed by atoms with E-state index in [1.807, 2.05) is 6.07 Å². The van der Waals surface area contributed by atoms with Crippen molar-refractivity contribution in [2.75, 3.05) is 18.0 Å². The Morgan fingerprint density at radius 3 is 2.58 bits per heavy atom. The summed E-state index contributed by atoms with van der Waals surface area (Å²) in [5.41, 5.74) is 0.983. The molecule has 0 bridgehead atoms. The van der Waals surface area contributed by atoms with Crippen molar-refractivity contribution in [2.24, 2.45) is 0 Å². The number of benzene rings is 1. The Labute approximate surface area is 145 Å². The van der Waals surface area contributed by atoms with Crippen LogP contribution in [0.25, 0.3) is 11.3 Å². The first kappa shape index (κ1) is 16.7. The predicted octanol–water partition coefficient (Wildman–Crippen LogP) is 2.68. The third-order valence-corrected chi connectivity index (χ3v) is 4.31. The van der Waals surface area contributed by atoms with Crippen molar-refractivity contribution >= 4 is 23.5 Å². The van der Waals surface area contributed by atoms with Gasteiger partial charge in [0.15, 0.2) is 0 Å². The number of aromatic carboxylic acids is 1. The second-order valence-electron chi connectivity index (χ2n) is 6.09. The maximum atomic E-state index is 11.6. The van der Waals surface area contributed by atoms with Crippen molar-refractivity contribution in [2.45, 2.75) is 25.9 Å². The van der Waals surface area contributed by atoms with Crippen LogP contribution in [-0.2, 0) is 0 Å². The summed E-state index contributed by atoms with van der Waals surface area (Å²) in [4.78, 5) is 22.4. The Kier molecular flexibility index (Phi) is 4.69. The fraction of sp³-hybridized carbons (Fsp3) is 0.353. The zero-order valence-corrected chi connectivity index (χ0v) is 14.3. The van der Waals surface area contributed by atoms with Crippen LogP contribution in [0.1, 0.15) is 24.2 Å². The number of anilines is 1. The molecule has 1 fully saturated rings. The summed E-state index contributed by atoms with van der Waals surface area (Å²) in [6.07, 6.45) is 1.36. The van der Waals surface area contributed by atoms with E-state index in [0.717, 1.165) is 13.1 Å². The molecule has 7 heteroatoms. The SMILES string of the molecule is C[C@@H]1CN(c2ncc(C(=O)O)c(-c3ccccc3Cl)n2)C[C@H](C)N1. The van der Waals surface area contributed by atoms with E-state index < -0.39 is 5.97 Å². The Morgan fingerprint density at radius 2 is 1.96 bits per heavy atom. The van der Waals surface area contributed by atoms with Crippen LogP contribution < -0.4 is 10.2 Å². The smallest absolute Gasteiger partial charge is 0.339 e. The summed E-state index contributed by atoms with van der Waals surface area (Å²) in [6, 6.07) is 7.71. The van der Waals surface area contributed by atoms with Gasteiger partial charge in [-0.2, -0.15) is 0 Å². The standard InChI is InChI=1S/C17H19ClN4O2/c1-10-8-22(9-11(2)20-10)17-19-7-13(16(23)24)15(21-17)12-5-3-4-6-14(12)18/h3-7,10-11,20H,8-9H2,1-2H3,(H,23,24)/t10-,11+. The van der Waals surface area contributed by atoms with Crippen LogP contribution in [0, 0.1) is 0 Å². The van der Waals surface area contributed by atoms with Crippen LogP contribution in [0.2, 0.25) is 5.02 Å². The molecule has 2 heterocycles. The molecule has 0 amide bonds. The number of hydrogen-bond donors (Lipinski definition) is 2. The molecule has 126 valence electrons. The molecule has 2 N–H and O–H groups in total. The molecule has 2 aromatic rings. The first-order chi connectivity index (χ1) is 11.5. The van der Waals surface area contributed by atoms with Gasteiger partial charge in [-0.1, -0.05) is 29.8 Å². The number of carbonyl (C=O) groups is 1. The molecule has 1 aromatic carbocycles. The number of hydrogen-bond acceptors (Lipinski definition) is 5. The van der Waals surface area contributed by atoms with Gasteiger partial charge in [0.1, 0.15) is 5.56 Å². The van der Waals surface area contributed by atoms with Gasteiger partial charge in [0.25, 0.3) is 0 Å². The molecule has 1 saturated heterocycles. The van der Waals surface area contributed by atoms with Crippen LogP contribution in [0.5, 0.6) is 0 Å². The van der Waals surface area contributed by atoms with Crippen molar-refractivity contribution in [1.82, 2.24) is 15.3 Å². The highest BCUT2D eigenvalue weighted by molar-refractivity contribution is 6.33. The molecule has 0 saturated carbocycles. The molecule has 3 rings (SSSR count). The van der Waals surface area contributed by atoms with E-state index in [4.69, 9.17) is 11.6 Å². The van der Waals surface area contributed by atoms with E-state index >= 15 is 0 Å². The van der Waals surface area contributed by atoms with E-state index in [-0.39, 0.29) is 5.56 Å². The van der Waals surface area contributed by atoms with Gasteiger partial charge in [-0.05, 0) is 19.9 Å². The van der Waals surface area contributed by atoms with Gasteiger partial charge in [-0.3, -0.25) is 0 Å². The number of halogens is 1. The van der Waals surface area contributed by atoms with Gasteiger partial charge in [0.2, 0.25) is 5.95 Å². The molecule has 0 radical (unpaired) electrons. The van der Waals surface area contributed by atoms with Crippen molar-refractivity contribution in [3.8, 4) is 11.3 Å². The van der Waals surface area contributed by atoms with E-state index in [2.05, 4.69) is 34.0 Å². The van der Waals surface area contributed by atoms with Gasteiger partial charge in [0.05, 0.1) is 5.69 Å². The highest BCUT2D eigenvalue weighted by atomic mass is 35.5. The molecule has 24 heavy (non-hydrogen) atoms. The third-order valence-electron chi connectivity index (χ3n) is 3.98. The quantitative estimate of drug-likeness (QED) is 0.889. The largest absolute Gasteiger partial charge is 0.478 e. The second-order valence-corrected chi connectivity index (χ2v) is 6.50. The van der Waals surface area contributed by atoms with Gasteiger partial charge in [-0.25, -0.2) is 14.8 Å². The minimum absolute atomic E-state index is 0.0445. The maximum absolute atomic E-state index is 11.6. The summed E-state index contributed by atoms with van der Waals surface area (Å²) in [5.74, 6) is -0.548. The molecule has 1 aliphatic rings. The predicted molar refractivity (Wildman–Crippen MR) is 93.7 cm³/mol. The highest BCUT2D eigenvalue weighted by Crippen LogP contribution is 2.30. The first-order valence-corrected chi connectivity index (χ1v) is 8.19. The van der Waals surface area contributed by atoms with E-state index in [9.17, 15) is 9.90 Å². The van der Waals surface area contributed by atoms with E-state index in [1.54, 1.807) is 18.2 Å². The van der Waals surface area contributed by atoms with Crippen LogP contribution >= 0.6 is 11.6 Å². The second kappa shape index (κ2) is 6.75. The number of nitrogens with one attached hydrogen (secondary N) is 1. The lowest BCUT2D eigenvalue weighted by atomic mass is 10.1. The molecule has 0 spiro atoms. The molecule has 2 atom stereocenters. The van der Waals surface area contributed by atoms with E-state index in [1.165, 1.54) is 6.20 Å². The number of carboxylic acids is 1. The summed E-state index contributed by atoms with van der Waals surface area (Å²) in [5, 5.41) is 13.4. The lowest BCUT2D eigenvalue weighted by Gasteiger charge is -2.36. The summed E-state index contributed by atoms with van der Waals surface area (Å²) >= 11 is 6.24. The fourth-order valence-electron chi connectivity index (χ4n) is 3.03. The summed E-state index contributed by atoms with van der Waals surface area (Å²) in [6.45, 7) is 5.73. The number of nitrogens with zero attached hydrogens (tertiary/aromatic N) is 3. The van der Waals surface area contributed by atoms with Crippen molar-refractivity contribution in [1.29, 1.82) is 0 Å². The molecule has 1 aromatic heterocycles. The average Bonchev–Trinajstić information content (AvgIpc) is 2.53. The van der Waals surface area contributed by atoms with Crippen LogP contribution in [0.3, 0.4) is 0 Å². The van der Waals surface area contributed by atoms with Gasteiger partial charge in [0, 0.05) is 42.0 Å². The number of carboxylic acid groups (broad SMARTS) is 1. The van der Waals surface area contributed by atoms with Crippen LogP contribution in [0.15, 0.2) is 30.5 Å². The normalized spacial score (nSPS) is 20.9. The van der Waals surface area contributed by atoms with Gasteiger partial charge in [-0.15, -0.1) is 0 Å². The minimum Gasteiger partial charge on any atom is -0.478 e. The van der Waals surface area contributed by atoms with Gasteiger partial charge < -0.3 is 15.3 Å². The van der Waals surface area contributed by atoms with Crippen molar-refractivity contribution < 1.29 is 9.90 Å². The number of rotatable bonds is 3. The zero-order valence-electron chi connectivity index (χ0n) is 13.5. The summed E-state index contributed by atoms with van der Waals surface area (Å²) in [7, 11) is 0. The number of piperazine rings is 1. The lowest BCUT2D eigenvalue weighted by molar-refractivity contribution is 0.0697. The monoisotopic (exact) mass is 346 g/mol. The van der Waals surface area contributed by atoms with Gasteiger partial charge >= 0.3 is 5.97 Å². The minimum atomic E-state index is -1.07. The van der Waals surface area contributed by atoms with E-state index in [0.29, 0.717) is 34.3 Å². The maximum Gasteiger partial charge on any atom is 0.339 e. The van der Waals surface area contributed by atoms with Crippen LogP contribution in [0.4, 0.5) is 5.95 Å². The van der Waals surface area contributed by atoms with Crippen molar-refractivity contribution in [3.05, 3.63) is 41.0 Å². The Bertz CT molecular complexity index is 758. The van der Waals surface area contributed by atoms with Crippen LogP contribution in [-0.4, -0.2) is 46.2 Å². The molecule has 1 aliphatic heterocycles. The third kappa shape index (κ3) is 3.34. The molecule has 0 unspecified atom stereocenters. The highest BCUT2D eigenvalue weighted by Gasteiger charge is 2.25. The summed E-state index contributed by atoms with van der Waals surface area (Å²) < 4.78 is 0. The molecular formula is C17H19ClN4O2. The fourth-order valence-corrected chi connectivity index (χ4v) is 3.26. The van der Waals surface area contributed by atoms with Crippen molar-refractivity contribution in [3.63, 3.8) is 0 Å². The average molecular weight is 347 g/mol. The first-order valence-electron chi connectivity index (χ1n) is 7.82. The molecule has 0 aliphatic carbocycles.